The van der Waals surface area contributed by atoms with Crippen LogP contribution in [0.4, 0.5) is 21.6 Å². The average Bonchev–Trinajstić information content (AvgIpc) is 2.72. The van der Waals surface area contributed by atoms with E-state index in [2.05, 4.69) is 36.5 Å². The summed E-state index contributed by atoms with van der Waals surface area (Å²) >= 11 is 9.16. The van der Waals surface area contributed by atoms with Gasteiger partial charge in [0.2, 0.25) is 5.91 Å². The highest BCUT2D eigenvalue weighted by atomic mass is 79.9. The molecule has 3 aromatic rings. The quantitative estimate of drug-likeness (QED) is 0.302. The molecule has 0 fully saturated rings. The molecule has 0 spiro atoms. The average molecular weight is 526 g/mol. The zero-order valence-electron chi connectivity index (χ0n) is 17.7. The monoisotopic (exact) mass is 524 g/mol. The first-order valence-electron chi connectivity index (χ1n) is 9.67. The van der Waals surface area contributed by atoms with E-state index >= 15 is 0 Å². The number of rotatable bonds is 8. The van der Waals surface area contributed by atoms with Crippen molar-refractivity contribution < 1.29 is 13.9 Å². The van der Waals surface area contributed by atoms with Crippen LogP contribution in [-0.4, -0.2) is 54.1 Å². The third-order valence-electron chi connectivity index (χ3n) is 4.41. The number of halogens is 3. The van der Waals surface area contributed by atoms with E-state index in [-0.39, 0.29) is 29.3 Å². The fraction of sp³-hybridized carbons (Fsp3) is 0.286. The van der Waals surface area contributed by atoms with E-state index in [1.54, 1.807) is 29.2 Å². The summed E-state index contributed by atoms with van der Waals surface area (Å²) in [5.41, 5.74) is 7.25. The van der Waals surface area contributed by atoms with Crippen LogP contribution in [0, 0.1) is 5.82 Å². The molecular weight excluding hydrogens is 503 g/mol. The zero-order chi connectivity index (χ0) is 23.4. The normalized spacial score (nSPS) is 12.1. The minimum absolute atomic E-state index is 0.0321. The SMILES string of the molecule is C[C@H](COc1cc2ncnc(Nc3ccc(Br)c(Cl)c3F)c2cc1N)NC(=O)CN(C)C. The van der Waals surface area contributed by atoms with Gasteiger partial charge in [-0.3, -0.25) is 4.79 Å². The fourth-order valence-corrected chi connectivity index (χ4v) is 3.41. The number of benzene rings is 2. The number of fused-ring (bicyclic) bond motifs is 1. The van der Waals surface area contributed by atoms with Gasteiger partial charge in [0, 0.05) is 15.9 Å². The predicted octanol–water partition coefficient (Wildman–Crippen LogP) is 3.96. The summed E-state index contributed by atoms with van der Waals surface area (Å²) in [5.74, 6) is 0.0935. The van der Waals surface area contributed by atoms with Gasteiger partial charge in [0.25, 0.3) is 0 Å². The second-order valence-corrected chi connectivity index (χ2v) is 8.73. The van der Waals surface area contributed by atoms with Crippen LogP contribution in [0.2, 0.25) is 5.02 Å². The highest BCUT2D eigenvalue weighted by Crippen LogP contribution is 2.34. The summed E-state index contributed by atoms with van der Waals surface area (Å²) in [7, 11) is 3.64. The van der Waals surface area contributed by atoms with Crippen LogP contribution in [0.25, 0.3) is 10.9 Å². The Morgan fingerprint density at radius 2 is 2.09 bits per heavy atom. The number of ether oxygens (including phenoxy) is 1. The smallest absolute Gasteiger partial charge is 0.234 e. The molecule has 0 unspecified atom stereocenters. The van der Waals surface area contributed by atoms with Crippen molar-refractivity contribution in [2.24, 2.45) is 0 Å². The van der Waals surface area contributed by atoms with Gasteiger partial charge in [-0.25, -0.2) is 14.4 Å². The molecule has 1 atom stereocenters. The van der Waals surface area contributed by atoms with Crippen molar-refractivity contribution in [3.8, 4) is 5.75 Å². The number of nitrogens with zero attached hydrogens (tertiary/aromatic N) is 3. The van der Waals surface area contributed by atoms with Gasteiger partial charge >= 0.3 is 0 Å². The molecule has 1 heterocycles. The second kappa shape index (κ2) is 10.3. The number of carbonyl (C=O) groups excluding carboxylic acids is 1. The van der Waals surface area contributed by atoms with Crippen molar-refractivity contribution in [3.63, 3.8) is 0 Å². The molecule has 32 heavy (non-hydrogen) atoms. The van der Waals surface area contributed by atoms with Crippen LogP contribution < -0.4 is 21.1 Å². The Morgan fingerprint density at radius 1 is 1.34 bits per heavy atom. The molecule has 8 nitrogen and oxygen atoms in total. The van der Waals surface area contributed by atoms with Crippen molar-refractivity contribution >= 4 is 61.5 Å². The number of nitrogens with two attached hydrogens (primary N) is 1. The number of aromatic nitrogens is 2. The van der Waals surface area contributed by atoms with Gasteiger partial charge in [0.1, 0.15) is 24.5 Å². The van der Waals surface area contributed by atoms with Crippen LogP contribution in [0.3, 0.4) is 0 Å². The van der Waals surface area contributed by atoms with E-state index in [9.17, 15) is 9.18 Å². The molecule has 2 aromatic carbocycles. The van der Waals surface area contributed by atoms with Crippen LogP contribution in [0.5, 0.6) is 5.75 Å². The number of carbonyl (C=O) groups is 1. The summed E-state index contributed by atoms with van der Waals surface area (Å²) in [5, 5.41) is 6.35. The Hall–Kier alpha value is -2.69. The lowest BCUT2D eigenvalue weighted by atomic mass is 10.2. The summed E-state index contributed by atoms with van der Waals surface area (Å²) in [6.45, 7) is 2.36. The Labute approximate surface area is 198 Å². The summed E-state index contributed by atoms with van der Waals surface area (Å²) in [6, 6.07) is 6.30. The van der Waals surface area contributed by atoms with E-state index < -0.39 is 5.82 Å². The molecule has 0 aliphatic rings. The maximum atomic E-state index is 14.5. The van der Waals surface area contributed by atoms with Crippen LogP contribution in [-0.2, 0) is 4.79 Å². The number of likely N-dealkylation sites (N-methyl/N-ethyl adjacent to an activating group) is 1. The van der Waals surface area contributed by atoms with Gasteiger partial charge in [0.05, 0.1) is 34.5 Å². The predicted molar refractivity (Wildman–Crippen MR) is 128 cm³/mol. The summed E-state index contributed by atoms with van der Waals surface area (Å²) in [4.78, 5) is 22.1. The first-order valence-corrected chi connectivity index (χ1v) is 10.8. The lowest BCUT2D eigenvalue weighted by Crippen LogP contribution is -2.41. The Bertz CT molecular complexity index is 1150. The van der Waals surface area contributed by atoms with E-state index in [4.69, 9.17) is 22.1 Å². The van der Waals surface area contributed by atoms with Crippen LogP contribution in [0.1, 0.15) is 6.92 Å². The highest BCUT2D eigenvalue weighted by molar-refractivity contribution is 9.10. The molecule has 0 bridgehead atoms. The first kappa shape index (κ1) is 24.0. The molecular formula is C21H23BrClFN6O2. The van der Waals surface area contributed by atoms with Gasteiger partial charge in [0.15, 0.2) is 5.82 Å². The lowest BCUT2D eigenvalue weighted by molar-refractivity contribution is -0.122. The van der Waals surface area contributed by atoms with Crippen molar-refractivity contribution in [2.75, 3.05) is 38.3 Å². The molecule has 1 aromatic heterocycles. The van der Waals surface area contributed by atoms with Crippen molar-refractivity contribution in [2.45, 2.75) is 13.0 Å². The number of amides is 1. The van der Waals surface area contributed by atoms with Crippen LogP contribution >= 0.6 is 27.5 Å². The lowest BCUT2D eigenvalue weighted by Gasteiger charge is -2.18. The Balaban J connectivity index is 1.78. The maximum Gasteiger partial charge on any atom is 0.234 e. The third kappa shape index (κ3) is 5.76. The van der Waals surface area contributed by atoms with Gasteiger partial charge in [-0.2, -0.15) is 0 Å². The molecule has 0 aliphatic carbocycles. The highest BCUT2D eigenvalue weighted by Gasteiger charge is 2.15. The fourth-order valence-electron chi connectivity index (χ4n) is 2.94. The Kier molecular flexibility index (Phi) is 7.70. The zero-order valence-corrected chi connectivity index (χ0v) is 20.1. The number of nitrogen functional groups attached to an aromatic ring is 1. The minimum Gasteiger partial charge on any atom is -0.489 e. The van der Waals surface area contributed by atoms with E-state index in [1.807, 2.05) is 21.0 Å². The first-order chi connectivity index (χ1) is 15.2. The molecule has 170 valence electrons. The Morgan fingerprint density at radius 3 is 2.81 bits per heavy atom. The van der Waals surface area contributed by atoms with Crippen molar-refractivity contribution in [1.29, 1.82) is 0 Å². The number of nitrogens with one attached hydrogen (secondary N) is 2. The third-order valence-corrected chi connectivity index (χ3v) is 5.67. The number of hydrogen-bond donors (Lipinski definition) is 3. The van der Waals surface area contributed by atoms with Gasteiger partial charge < -0.3 is 26.0 Å². The summed E-state index contributed by atoms with van der Waals surface area (Å²) in [6.07, 6.45) is 1.35. The topological polar surface area (TPSA) is 105 Å². The molecule has 0 saturated heterocycles. The standard InChI is InChI=1S/C21H23BrClFN6O2/c1-11(28-18(31)8-30(2)3)9-32-17-7-16-12(6-14(17)25)21(27-10-26-16)29-15-5-4-13(22)19(23)20(15)24/h4-7,10-11H,8-9,25H2,1-3H3,(H,28,31)(H,26,27,29)/t11-/m1/s1. The van der Waals surface area contributed by atoms with Gasteiger partial charge in [-0.1, -0.05) is 11.6 Å². The van der Waals surface area contributed by atoms with Crippen molar-refractivity contribution in [3.05, 3.63) is 45.9 Å². The van der Waals surface area contributed by atoms with Crippen molar-refractivity contribution in [1.82, 2.24) is 20.2 Å². The molecule has 4 N–H and O–H groups in total. The minimum atomic E-state index is -0.606. The largest absolute Gasteiger partial charge is 0.489 e. The summed E-state index contributed by atoms with van der Waals surface area (Å²) < 4.78 is 20.7. The maximum absolute atomic E-state index is 14.5. The molecule has 0 radical (unpaired) electrons. The molecule has 3 rings (SSSR count). The molecule has 0 saturated carbocycles. The van der Waals surface area contributed by atoms with Crippen LogP contribution in [0.15, 0.2) is 35.1 Å². The van der Waals surface area contributed by atoms with E-state index in [1.165, 1.54) is 6.33 Å². The van der Waals surface area contributed by atoms with Gasteiger partial charge in [-0.15, -0.1) is 0 Å². The number of anilines is 3. The molecule has 11 heteroatoms. The molecule has 1 amide bonds. The number of hydrogen-bond acceptors (Lipinski definition) is 7. The second-order valence-electron chi connectivity index (χ2n) is 7.49. The van der Waals surface area contributed by atoms with E-state index in [0.29, 0.717) is 39.2 Å². The van der Waals surface area contributed by atoms with Gasteiger partial charge in [-0.05, 0) is 55.1 Å². The van der Waals surface area contributed by atoms with E-state index in [0.717, 1.165) is 0 Å². The molecule has 0 aliphatic heterocycles.